The van der Waals surface area contributed by atoms with Crippen molar-refractivity contribution in [3.05, 3.63) is 35.0 Å². The molecule has 4 nitrogen and oxygen atoms in total. The standard InChI is InChI=1S/C15H20ClN3O/c1-3-18(4-2)15(20)10-19-9-11(8-17)13-6-5-12(16)7-14(13)19/h5-7,9H,3-4,8,10,17H2,1-2H3. The number of rotatable bonds is 5. The van der Waals surface area contributed by atoms with Gasteiger partial charge in [0.25, 0.3) is 0 Å². The molecule has 1 heterocycles. The molecule has 0 saturated carbocycles. The number of nitrogens with zero attached hydrogens (tertiary/aromatic N) is 2. The van der Waals surface area contributed by atoms with Gasteiger partial charge in [-0.1, -0.05) is 17.7 Å². The number of amides is 1. The molecule has 20 heavy (non-hydrogen) atoms. The van der Waals surface area contributed by atoms with Crippen LogP contribution in [-0.4, -0.2) is 28.5 Å². The third kappa shape index (κ3) is 2.81. The highest BCUT2D eigenvalue weighted by atomic mass is 35.5. The monoisotopic (exact) mass is 293 g/mol. The van der Waals surface area contributed by atoms with E-state index in [1.807, 2.05) is 47.7 Å². The molecule has 2 rings (SSSR count). The second-order valence-corrected chi connectivity index (χ2v) is 5.15. The van der Waals surface area contributed by atoms with Crippen LogP contribution in [0.4, 0.5) is 0 Å². The first kappa shape index (κ1) is 14.9. The van der Waals surface area contributed by atoms with Crippen LogP contribution >= 0.6 is 11.6 Å². The maximum absolute atomic E-state index is 12.2. The van der Waals surface area contributed by atoms with E-state index in [1.54, 1.807) is 0 Å². The Kier molecular flexibility index (Phi) is 4.68. The summed E-state index contributed by atoms with van der Waals surface area (Å²) in [5.41, 5.74) is 7.76. The number of benzene rings is 1. The van der Waals surface area contributed by atoms with Crippen LogP contribution in [0, 0.1) is 0 Å². The summed E-state index contributed by atoms with van der Waals surface area (Å²) in [4.78, 5) is 14.1. The van der Waals surface area contributed by atoms with Crippen LogP contribution in [0.3, 0.4) is 0 Å². The number of nitrogens with two attached hydrogens (primary N) is 1. The number of likely N-dealkylation sites (N-methyl/N-ethyl adjacent to an activating group) is 1. The minimum atomic E-state index is 0.107. The molecule has 0 radical (unpaired) electrons. The molecule has 1 aromatic carbocycles. The zero-order valence-electron chi connectivity index (χ0n) is 11.9. The van der Waals surface area contributed by atoms with Crippen LogP contribution in [0.5, 0.6) is 0 Å². The van der Waals surface area contributed by atoms with Gasteiger partial charge in [-0.25, -0.2) is 0 Å². The largest absolute Gasteiger partial charge is 0.342 e. The first-order valence-corrected chi connectivity index (χ1v) is 7.23. The van der Waals surface area contributed by atoms with Gasteiger partial charge < -0.3 is 15.2 Å². The first-order valence-electron chi connectivity index (χ1n) is 6.85. The second-order valence-electron chi connectivity index (χ2n) is 4.71. The Labute approximate surface area is 124 Å². The van der Waals surface area contributed by atoms with E-state index in [0.29, 0.717) is 18.1 Å². The lowest BCUT2D eigenvalue weighted by molar-refractivity contribution is -0.131. The molecule has 108 valence electrons. The molecule has 0 atom stereocenters. The Hall–Kier alpha value is -1.52. The average Bonchev–Trinajstić information content (AvgIpc) is 2.77. The molecule has 0 aliphatic heterocycles. The van der Waals surface area contributed by atoms with Gasteiger partial charge in [0.1, 0.15) is 6.54 Å². The fourth-order valence-corrected chi connectivity index (χ4v) is 2.62. The molecular weight excluding hydrogens is 274 g/mol. The van der Waals surface area contributed by atoms with Crippen molar-refractivity contribution in [2.75, 3.05) is 13.1 Å². The number of hydrogen-bond donors (Lipinski definition) is 1. The van der Waals surface area contributed by atoms with Crippen molar-refractivity contribution in [2.45, 2.75) is 26.9 Å². The van der Waals surface area contributed by atoms with Gasteiger partial charge in [0.2, 0.25) is 5.91 Å². The SMILES string of the molecule is CCN(CC)C(=O)Cn1cc(CN)c2ccc(Cl)cc21. The molecule has 0 unspecified atom stereocenters. The van der Waals surface area contributed by atoms with Crippen LogP contribution in [-0.2, 0) is 17.9 Å². The third-order valence-corrected chi connectivity index (χ3v) is 3.80. The van der Waals surface area contributed by atoms with Crippen LogP contribution in [0.1, 0.15) is 19.4 Å². The van der Waals surface area contributed by atoms with Gasteiger partial charge in [0.15, 0.2) is 0 Å². The van der Waals surface area contributed by atoms with E-state index in [9.17, 15) is 4.79 Å². The topological polar surface area (TPSA) is 51.3 Å². The van der Waals surface area contributed by atoms with Crippen molar-refractivity contribution < 1.29 is 4.79 Å². The lowest BCUT2D eigenvalue weighted by atomic mass is 10.2. The molecular formula is C15H20ClN3O. The third-order valence-electron chi connectivity index (χ3n) is 3.57. The molecule has 0 spiro atoms. The summed E-state index contributed by atoms with van der Waals surface area (Å²) in [6, 6.07) is 5.68. The van der Waals surface area contributed by atoms with Gasteiger partial charge >= 0.3 is 0 Å². The number of carbonyl (C=O) groups excluding carboxylic acids is 1. The molecule has 0 saturated heterocycles. The van der Waals surface area contributed by atoms with Gasteiger partial charge in [0.05, 0.1) is 5.52 Å². The summed E-state index contributed by atoms with van der Waals surface area (Å²) in [7, 11) is 0. The predicted molar refractivity (Wildman–Crippen MR) is 82.8 cm³/mol. The lowest BCUT2D eigenvalue weighted by Gasteiger charge is -2.19. The summed E-state index contributed by atoms with van der Waals surface area (Å²) in [5, 5.41) is 1.72. The highest BCUT2D eigenvalue weighted by Gasteiger charge is 2.14. The van der Waals surface area contributed by atoms with Crippen molar-refractivity contribution >= 4 is 28.4 Å². The Balaban J connectivity index is 2.39. The van der Waals surface area contributed by atoms with Gasteiger partial charge in [-0.15, -0.1) is 0 Å². The summed E-state index contributed by atoms with van der Waals surface area (Å²) in [6.45, 7) is 6.18. The van der Waals surface area contributed by atoms with Crippen molar-refractivity contribution in [1.82, 2.24) is 9.47 Å². The minimum Gasteiger partial charge on any atom is -0.342 e. The van der Waals surface area contributed by atoms with Crippen LogP contribution < -0.4 is 5.73 Å². The van der Waals surface area contributed by atoms with Gasteiger partial charge in [0, 0.05) is 36.2 Å². The molecule has 2 aromatic rings. The van der Waals surface area contributed by atoms with E-state index >= 15 is 0 Å². The molecule has 1 amide bonds. The Morgan fingerprint density at radius 2 is 2.05 bits per heavy atom. The quantitative estimate of drug-likeness (QED) is 0.921. The molecule has 5 heteroatoms. The number of carbonyl (C=O) groups is 1. The van der Waals surface area contributed by atoms with E-state index in [-0.39, 0.29) is 5.91 Å². The van der Waals surface area contributed by atoms with Crippen LogP contribution in [0.15, 0.2) is 24.4 Å². The highest BCUT2D eigenvalue weighted by Crippen LogP contribution is 2.24. The van der Waals surface area contributed by atoms with E-state index in [1.165, 1.54) is 0 Å². The zero-order chi connectivity index (χ0) is 14.7. The summed E-state index contributed by atoms with van der Waals surface area (Å²) in [5.74, 6) is 0.107. The normalized spacial score (nSPS) is 11.0. The fourth-order valence-electron chi connectivity index (χ4n) is 2.46. The minimum absolute atomic E-state index is 0.107. The van der Waals surface area contributed by atoms with E-state index in [2.05, 4.69) is 0 Å². The number of fused-ring (bicyclic) bond motifs is 1. The summed E-state index contributed by atoms with van der Waals surface area (Å²) in [6.07, 6.45) is 1.95. The maximum atomic E-state index is 12.2. The number of hydrogen-bond acceptors (Lipinski definition) is 2. The van der Waals surface area contributed by atoms with Crippen LogP contribution in [0.25, 0.3) is 10.9 Å². The molecule has 0 bridgehead atoms. The number of aromatic nitrogens is 1. The van der Waals surface area contributed by atoms with Crippen molar-refractivity contribution in [3.8, 4) is 0 Å². The van der Waals surface area contributed by atoms with Crippen LogP contribution in [0.2, 0.25) is 5.02 Å². The first-order chi connectivity index (χ1) is 9.60. The van der Waals surface area contributed by atoms with Gasteiger partial charge in [-0.2, -0.15) is 0 Å². The Morgan fingerprint density at radius 3 is 2.65 bits per heavy atom. The van der Waals surface area contributed by atoms with Crippen molar-refractivity contribution in [1.29, 1.82) is 0 Å². The van der Waals surface area contributed by atoms with Gasteiger partial charge in [-0.05, 0) is 31.5 Å². The molecule has 0 aliphatic rings. The molecule has 2 N–H and O–H groups in total. The average molecular weight is 294 g/mol. The van der Waals surface area contributed by atoms with E-state index < -0.39 is 0 Å². The van der Waals surface area contributed by atoms with E-state index in [4.69, 9.17) is 17.3 Å². The lowest BCUT2D eigenvalue weighted by Crippen LogP contribution is -2.33. The van der Waals surface area contributed by atoms with E-state index in [0.717, 1.165) is 29.6 Å². The summed E-state index contributed by atoms with van der Waals surface area (Å²) < 4.78 is 1.93. The number of halogens is 1. The molecule has 1 aromatic heterocycles. The summed E-state index contributed by atoms with van der Waals surface area (Å²) >= 11 is 6.06. The maximum Gasteiger partial charge on any atom is 0.242 e. The molecule has 0 aliphatic carbocycles. The van der Waals surface area contributed by atoms with Crippen molar-refractivity contribution in [2.24, 2.45) is 5.73 Å². The zero-order valence-corrected chi connectivity index (χ0v) is 12.7. The molecule has 0 fully saturated rings. The fraction of sp³-hybridized carbons (Fsp3) is 0.400. The van der Waals surface area contributed by atoms with Crippen molar-refractivity contribution in [3.63, 3.8) is 0 Å². The Morgan fingerprint density at radius 1 is 1.35 bits per heavy atom. The second kappa shape index (κ2) is 6.29. The highest BCUT2D eigenvalue weighted by molar-refractivity contribution is 6.31. The van der Waals surface area contributed by atoms with Gasteiger partial charge in [-0.3, -0.25) is 4.79 Å². The predicted octanol–water partition coefficient (Wildman–Crippen LogP) is 2.62. The smallest absolute Gasteiger partial charge is 0.242 e. The Bertz CT molecular complexity index is 617.